The minimum Gasteiger partial charge on any atom is -0.489 e. The lowest BCUT2D eigenvalue weighted by atomic mass is 9.97. The summed E-state index contributed by atoms with van der Waals surface area (Å²) >= 11 is 0. The first-order chi connectivity index (χ1) is 8.94. The number of anilines is 1. The van der Waals surface area contributed by atoms with Gasteiger partial charge in [-0.05, 0) is 46.2 Å². The summed E-state index contributed by atoms with van der Waals surface area (Å²) in [5.74, 6) is 1.28. The molecule has 0 aliphatic carbocycles. The molecule has 1 unspecified atom stereocenters. The van der Waals surface area contributed by atoms with Crippen molar-refractivity contribution in [1.29, 1.82) is 0 Å². The summed E-state index contributed by atoms with van der Waals surface area (Å²) in [4.78, 5) is 2.37. The topological polar surface area (TPSA) is 32.7 Å². The number of rotatable bonds is 4. The number of benzene rings is 1. The standard InChI is InChI=1S/C16H25NO2/c1-12(2)19-15-8-6-5-7-14(15)17-10-13(11-18)9-16(17,3)4/h5-8,12-13,18H,9-11H2,1-4H3. The normalized spacial score (nSPS) is 22.0. The summed E-state index contributed by atoms with van der Waals surface area (Å²) < 4.78 is 5.92. The average Bonchev–Trinajstić information content (AvgIpc) is 2.64. The van der Waals surface area contributed by atoms with Gasteiger partial charge in [-0.2, -0.15) is 0 Å². The zero-order valence-electron chi connectivity index (χ0n) is 12.4. The number of aliphatic hydroxyl groups excluding tert-OH is 1. The molecule has 0 spiro atoms. The van der Waals surface area contributed by atoms with E-state index in [4.69, 9.17) is 4.74 Å². The van der Waals surface area contributed by atoms with E-state index >= 15 is 0 Å². The zero-order chi connectivity index (χ0) is 14.0. The molecule has 1 saturated heterocycles. The maximum atomic E-state index is 9.42. The van der Waals surface area contributed by atoms with E-state index in [0.717, 1.165) is 24.4 Å². The van der Waals surface area contributed by atoms with Gasteiger partial charge in [0, 0.05) is 24.6 Å². The Morgan fingerprint density at radius 2 is 2.05 bits per heavy atom. The van der Waals surface area contributed by atoms with Gasteiger partial charge in [-0.3, -0.25) is 0 Å². The van der Waals surface area contributed by atoms with Gasteiger partial charge in [0.15, 0.2) is 0 Å². The quantitative estimate of drug-likeness (QED) is 0.906. The Bertz CT molecular complexity index is 429. The fourth-order valence-electron chi connectivity index (χ4n) is 2.97. The third kappa shape index (κ3) is 3.03. The second-order valence-electron chi connectivity index (χ2n) is 6.31. The number of ether oxygens (including phenoxy) is 1. The van der Waals surface area contributed by atoms with Crippen LogP contribution in [0, 0.1) is 5.92 Å². The van der Waals surface area contributed by atoms with Crippen molar-refractivity contribution in [3.63, 3.8) is 0 Å². The molecule has 1 atom stereocenters. The molecule has 3 heteroatoms. The van der Waals surface area contributed by atoms with Gasteiger partial charge in [-0.1, -0.05) is 12.1 Å². The predicted molar refractivity (Wildman–Crippen MR) is 78.8 cm³/mol. The molecule has 2 rings (SSSR count). The van der Waals surface area contributed by atoms with Crippen molar-refractivity contribution in [2.75, 3.05) is 18.1 Å². The van der Waals surface area contributed by atoms with Gasteiger partial charge >= 0.3 is 0 Å². The lowest BCUT2D eigenvalue weighted by Gasteiger charge is -2.35. The Morgan fingerprint density at radius 3 is 2.63 bits per heavy atom. The fraction of sp³-hybridized carbons (Fsp3) is 0.625. The highest BCUT2D eigenvalue weighted by atomic mass is 16.5. The van der Waals surface area contributed by atoms with Gasteiger partial charge in [0.25, 0.3) is 0 Å². The van der Waals surface area contributed by atoms with Crippen LogP contribution in [0.3, 0.4) is 0 Å². The Kier molecular flexibility index (Phi) is 4.04. The summed E-state index contributed by atoms with van der Waals surface area (Å²) in [7, 11) is 0. The van der Waals surface area contributed by atoms with E-state index in [1.807, 2.05) is 32.0 Å². The number of para-hydroxylation sites is 2. The van der Waals surface area contributed by atoms with Gasteiger partial charge in [-0.15, -0.1) is 0 Å². The lowest BCUT2D eigenvalue weighted by molar-refractivity contribution is 0.232. The number of hydrogen-bond donors (Lipinski definition) is 1. The van der Waals surface area contributed by atoms with E-state index in [0.29, 0.717) is 5.92 Å². The molecule has 0 aromatic heterocycles. The van der Waals surface area contributed by atoms with E-state index in [1.54, 1.807) is 0 Å². The van der Waals surface area contributed by atoms with Crippen LogP contribution in [0.1, 0.15) is 34.1 Å². The average molecular weight is 263 g/mol. The highest BCUT2D eigenvalue weighted by molar-refractivity contribution is 5.61. The molecule has 1 fully saturated rings. The molecule has 1 aromatic rings. The van der Waals surface area contributed by atoms with E-state index in [1.165, 1.54) is 0 Å². The Balaban J connectivity index is 2.31. The van der Waals surface area contributed by atoms with Crippen LogP contribution < -0.4 is 9.64 Å². The second-order valence-corrected chi connectivity index (χ2v) is 6.31. The number of nitrogens with zero attached hydrogens (tertiary/aromatic N) is 1. The van der Waals surface area contributed by atoms with Crippen LogP contribution in [0.5, 0.6) is 5.75 Å². The molecule has 106 valence electrons. The first-order valence-corrected chi connectivity index (χ1v) is 7.08. The summed E-state index contributed by atoms with van der Waals surface area (Å²) in [5.41, 5.74) is 1.20. The monoisotopic (exact) mass is 263 g/mol. The van der Waals surface area contributed by atoms with Crippen molar-refractivity contribution in [3.8, 4) is 5.75 Å². The van der Waals surface area contributed by atoms with Gasteiger partial charge in [0.1, 0.15) is 5.75 Å². The minimum atomic E-state index is 0.0594. The first-order valence-electron chi connectivity index (χ1n) is 7.08. The fourth-order valence-corrected chi connectivity index (χ4v) is 2.97. The first kappa shape index (κ1) is 14.2. The van der Waals surface area contributed by atoms with Gasteiger partial charge in [-0.25, -0.2) is 0 Å². The largest absolute Gasteiger partial charge is 0.489 e. The molecule has 1 aliphatic heterocycles. The van der Waals surface area contributed by atoms with E-state index in [2.05, 4.69) is 24.8 Å². The van der Waals surface area contributed by atoms with Gasteiger partial charge in [0.05, 0.1) is 11.8 Å². The molecule has 1 N–H and O–H groups in total. The Labute approximate surface area is 116 Å². The molecular weight excluding hydrogens is 238 g/mol. The predicted octanol–water partition coefficient (Wildman–Crippen LogP) is 3.07. The van der Waals surface area contributed by atoms with Crippen LogP contribution >= 0.6 is 0 Å². The zero-order valence-corrected chi connectivity index (χ0v) is 12.4. The summed E-state index contributed by atoms with van der Waals surface area (Å²) in [6.07, 6.45) is 1.18. The SMILES string of the molecule is CC(C)Oc1ccccc1N1CC(CO)CC1(C)C. The molecule has 1 heterocycles. The highest BCUT2D eigenvalue weighted by Crippen LogP contribution is 2.41. The Morgan fingerprint density at radius 1 is 1.37 bits per heavy atom. The smallest absolute Gasteiger partial charge is 0.142 e. The molecule has 0 bridgehead atoms. The molecule has 0 radical (unpaired) electrons. The van der Waals surface area contributed by atoms with E-state index in [-0.39, 0.29) is 18.2 Å². The van der Waals surface area contributed by atoms with Crippen molar-refractivity contribution >= 4 is 5.69 Å². The highest BCUT2D eigenvalue weighted by Gasteiger charge is 2.39. The van der Waals surface area contributed by atoms with E-state index in [9.17, 15) is 5.11 Å². The van der Waals surface area contributed by atoms with Crippen molar-refractivity contribution in [2.24, 2.45) is 5.92 Å². The second kappa shape index (κ2) is 5.41. The number of hydrogen-bond acceptors (Lipinski definition) is 3. The lowest BCUT2D eigenvalue weighted by Crippen LogP contribution is -2.38. The molecule has 1 aliphatic rings. The maximum Gasteiger partial charge on any atom is 0.142 e. The Hall–Kier alpha value is -1.22. The molecule has 0 saturated carbocycles. The van der Waals surface area contributed by atoms with Crippen LogP contribution in [0.25, 0.3) is 0 Å². The van der Waals surface area contributed by atoms with Crippen molar-refractivity contribution in [1.82, 2.24) is 0 Å². The summed E-state index contributed by atoms with van der Waals surface area (Å²) in [5, 5.41) is 9.42. The van der Waals surface area contributed by atoms with Crippen LogP contribution in [0.4, 0.5) is 5.69 Å². The van der Waals surface area contributed by atoms with Gasteiger partial charge < -0.3 is 14.7 Å². The molecule has 3 nitrogen and oxygen atoms in total. The minimum absolute atomic E-state index is 0.0594. The molecular formula is C16H25NO2. The molecule has 1 aromatic carbocycles. The molecule has 19 heavy (non-hydrogen) atoms. The summed E-state index contributed by atoms with van der Waals surface area (Å²) in [6.45, 7) is 9.70. The van der Waals surface area contributed by atoms with Crippen LogP contribution in [-0.2, 0) is 0 Å². The third-order valence-electron chi connectivity index (χ3n) is 3.74. The van der Waals surface area contributed by atoms with Crippen LogP contribution in [-0.4, -0.2) is 29.9 Å². The maximum absolute atomic E-state index is 9.42. The van der Waals surface area contributed by atoms with Crippen molar-refractivity contribution in [2.45, 2.75) is 45.8 Å². The van der Waals surface area contributed by atoms with Crippen molar-refractivity contribution < 1.29 is 9.84 Å². The van der Waals surface area contributed by atoms with Gasteiger partial charge in [0.2, 0.25) is 0 Å². The summed E-state index contributed by atoms with van der Waals surface area (Å²) in [6, 6.07) is 8.19. The number of aliphatic hydroxyl groups is 1. The molecule has 0 amide bonds. The van der Waals surface area contributed by atoms with Crippen molar-refractivity contribution in [3.05, 3.63) is 24.3 Å². The third-order valence-corrected chi connectivity index (χ3v) is 3.74. The van der Waals surface area contributed by atoms with Crippen LogP contribution in [0.2, 0.25) is 0 Å². The van der Waals surface area contributed by atoms with Crippen LogP contribution in [0.15, 0.2) is 24.3 Å². The van der Waals surface area contributed by atoms with E-state index < -0.39 is 0 Å².